The van der Waals surface area contributed by atoms with Gasteiger partial charge >= 0.3 is 6.09 Å². The number of carbonyl (C=O) groups excluding carboxylic acids is 2. The van der Waals surface area contributed by atoms with E-state index in [1.165, 1.54) is 0 Å². The molecule has 2 N–H and O–H groups in total. The average Bonchev–Trinajstić information content (AvgIpc) is 3.13. The monoisotopic (exact) mass is 537 g/mol. The van der Waals surface area contributed by atoms with E-state index in [0.717, 1.165) is 38.5 Å². The third-order valence-corrected chi connectivity index (χ3v) is 5.65. The molecule has 2 amide bonds. The molecule has 1 saturated heterocycles. The lowest BCUT2D eigenvalue weighted by atomic mass is 9.84. The molecule has 0 bridgehead atoms. The van der Waals surface area contributed by atoms with E-state index in [4.69, 9.17) is 4.74 Å². The summed E-state index contributed by atoms with van der Waals surface area (Å²) in [5.74, 6) is 0.866. The van der Waals surface area contributed by atoms with Gasteiger partial charge in [-0.2, -0.15) is 0 Å². The summed E-state index contributed by atoms with van der Waals surface area (Å²) in [6.45, 7) is 7.50. The summed E-state index contributed by atoms with van der Waals surface area (Å²) in [6.07, 6.45) is 5.59. The molecule has 2 fully saturated rings. The molecule has 0 aromatic heterocycles. The van der Waals surface area contributed by atoms with Crippen molar-refractivity contribution in [3.63, 3.8) is 0 Å². The first-order valence-corrected chi connectivity index (χ1v) is 10.7. The third-order valence-electron chi connectivity index (χ3n) is 5.65. The van der Waals surface area contributed by atoms with Gasteiger partial charge in [-0.05, 0) is 46.5 Å². The Hall–Kier alpha value is -1.26. The van der Waals surface area contributed by atoms with Gasteiger partial charge in [-0.3, -0.25) is 9.79 Å². The standard InChI is InChI=1S/C21H39N5O3.HI/c1-20(2,3)29-19(28)26-13-9-10-16(14-26)24-18(22-4)23-15-21(11-7-8-12-21)17(27)25(5)6;/h16H,7-15H2,1-6H3,(H2,22,23,24);1H. The van der Waals surface area contributed by atoms with Crippen LogP contribution >= 0.6 is 24.0 Å². The predicted octanol–water partition coefficient (Wildman–Crippen LogP) is 2.82. The van der Waals surface area contributed by atoms with E-state index in [1.807, 2.05) is 34.9 Å². The second-order valence-corrected chi connectivity index (χ2v) is 9.52. The van der Waals surface area contributed by atoms with Crippen molar-refractivity contribution < 1.29 is 14.3 Å². The molecule has 1 saturated carbocycles. The average molecular weight is 537 g/mol. The van der Waals surface area contributed by atoms with E-state index in [0.29, 0.717) is 25.6 Å². The summed E-state index contributed by atoms with van der Waals surface area (Å²) in [5.41, 5.74) is -0.847. The van der Waals surface area contributed by atoms with Gasteiger partial charge in [0, 0.05) is 46.8 Å². The molecule has 1 heterocycles. The number of nitrogens with zero attached hydrogens (tertiary/aromatic N) is 3. The molecule has 0 spiro atoms. The minimum atomic E-state index is -0.496. The van der Waals surface area contributed by atoms with Crippen LogP contribution in [0.1, 0.15) is 59.3 Å². The van der Waals surface area contributed by atoms with Crippen LogP contribution in [0.4, 0.5) is 4.79 Å². The Kier molecular flexibility index (Phi) is 10.2. The van der Waals surface area contributed by atoms with Crippen molar-refractivity contribution in [1.29, 1.82) is 0 Å². The fraction of sp³-hybridized carbons (Fsp3) is 0.857. The van der Waals surface area contributed by atoms with Crippen LogP contribution in [-0.4, -0.2) is 80.2 Å². The molecule has 0 aromatic carbocycles. The van der Waals surface area contributed by atoms with Crippen LogP contribution < -0.4 is 10.6 Å². The molecule has 2 rings (SSSR count). The number of hydrogen-bond acceptors (Lipinski definition) is 4. The molecular formula is C21H40IN5O3. The van der Waals surface area contributed by atoms with Crippen molar-refractivity contribution in [2.75, 3.05) is 40.8 Å². The maximum Gasteiger partial charge on any atom is 0.410 e. The maximum atomic E-state index is 12.8. The molecule has 174 valence electrons. The van der Waals surface area contributed by atoms with E-state index < -0.39 is 5.60 Å². The van der Waals surface area contributed by atoms with Crippen LogP contribution in [0.2, 0.25) is 0 Å². The molecule has 1 aliphatic heterocycles. The second-order valence-electron chi connectivity index (χ2n) is 9.52. The fourth-order valence-corrected chi connectivity index (χ4v) is 4.22. The number of hydrogen-bond donors (Lipinski definition) is 2. The Morgan fingerprint density at radius 2 is 1.83 bits per heavy atom. The zero-order chi connectivity index (χ0) is 21.7. The van der Waals surface area contributed by atoms with Crippen molar-refractivity contribution in [3.05, 3.63) is 0 Å². The first-order chi connectivity index (χ1) is 13.6. The minimum absolute atomic E-state index is 0. The number of piperidine rings is 1. The van der Waals surface area contributed by atoms with Crippen molar-refractivity contribution in [1.82, 2.24) is 20.4 Å². The lowest BCUT2D eigenvalue weighted by molar-refractivity contribution is -0.138. The molecule has 1 aliphatic carbocycles. The third kappa shape index (κ3) is 7.46. The van der Waals surface area contributed by atoms with Gasteiger partial charge in [-0.15, -0.1) is 24.0 Å². The van der Waals surface area contributed by atoms with Crippen LogP contribution in [-0.2, 0) is 9.53 Å². The van der Waals surface area contributed by atoms with Gasteiger partial charge in [-0.1, -0.05) is 12.8 Å². The lowest BCUT2D eigenvalue weighted by Gasteiger charge is -2.35. The topological polar surface area (TPSA) is 86.3 Å². The predicted molar refractivity (Wildman–Crippen MR) is 130 cm³/mol. The van der Waals surface area contributed by atoms with Gasteiger partial charge in [0.1, 0.15) is 5.60 Å². The van der Waals surface area contributed by atoms with Crippen LogP contribution in [0.3, 0.4) is 0 Å². The minimum Gasteiger partial charge on any atom is -0.444 e. The number of halogens is 1. The quantitative estimate of drug-likeness (QED) is 0.327. The summed E-state index contributed by atoms with van der Waals surface area (Å²) in [5, 5.41) is 6.80. The van der Waals surface area contributed by atoms with Crippen molar-refractivity contribution in [3.8, 4) is 0 Å². The van der Waals surface area contributed by atoms with Gasteiger partial charge < -0.3 is 25.2 Å². The Morgan fingerprint density at radius 3 is 2.37 bits per heavy atom. The molecule has 9 heteroatoms. The largest absolute Gasteiger partial charge is 0.444 e. The molecule has 30 heavy (non-hydrogen) atoms. The summed E-state index contributed by atoms with van der Waals surface area (Å²) in [7, 11) is 5.38. The van der Waals surface area contributed by atoms with Gasteiger partial charge in [0.15, 0.2) is 5.96 Å². The molecular weight excluding hydrogens is 497 g/mol. The van der Waals surface area contributed by atoms with Crippen molar-refractivity contribution in [2.45, 2.75) is 70.9 Å². The van der Waals surface area contributed by atoms with Crippen LogP contribution in [0.15, 0.2) is 4.99 Å². The number of aliphatic imine (C=N–C) groups is 1. The number of ether oxygens (including phenoxy) is 1. The highest BCUT2D eigenvalue weighted by atomic mass is 127. The summed E-state index contributed by atoms with van der Waals surface area (Å²) in [4.78, 5) is 32.9. The summed E-state index contributed by atoms with van der Waals surface area (Å²) in [6, 6.07) is 0.103. The van der Waals surface area contributed by atoms with Crippen LogP contribution in [0, 0.1) is 5.41 Å². The molecule has 0 radical (unpaired) electrons. The van der Waals surface area contributed by atoms with E-state index in [2.05, 4.69) is 15.6 Å². The highest BCUT2D eigenvalue weighted by molar-refractivity contribution is 14.0. The van der Waals surface area contributed by atoms with Crippen molar-refractivity contribution >= 4 is 41.9 Å². The zero-order valence-electron chi connectivity index (χ0n) is 19.4. The fourth-order valence-electron chi connectivity index (χ4n) is 4.22. The molecule has 0 aromatic rings. The Labute approximate surface area is 198 Å². The highest BCUT2D eigenvalue weighted by Gasteiger charge is 2.42. The number of rotatable bonds is 4. The van der Waals surface area contributed by atoms with Gasteiger partial charge in [0.25, 0.3) is 0 Å². The van der Waals surface area contributed by atoms with Gasteiger partial charge in [0.05, 0.1) is 5.41 Å². The van der Waals surface area contributed by atoms with Gasteiger partial charge in [-0.25, -0.2) is 4.79 Å². The SMILES string of the molecule is CN=C(NCC1(C(=O)N(C)C)CCCC1)NC1CCCN(C(=O)OC(C)(C)C)C1.I. The highest BCUT2D eigenvalue weighted by Crippen LogP contribution is 2.38. The molecule has 1 atom stereocenters. The number of carbonyl (C=O) groups is 2. The Balaban J connectivity index is 0.00000450. The summed E-state index contributed by atoms with van der Waals surface area (Å²) < 4.78 is 5.51. The number of likely N-dealkylation sites (tertiary alicyclic amines) is 1. The first-order valence-electron chi connectivity index (χ1n) is 10.7. The van der Waals surface area contributed by atoms with Gasteiger partial charge in [0.2, 0.25) is 5.91 Å². The first kappa shape index (κ1) is 26.8. The molecule has 2 aliphatic rings. The zero-order valence-corrected chi connectivity index (χ0v) is 21.7. The van der Waals surface area contributed by atoms with Crippen LogP contribution in [0.25, 0.3) is 0 Å². The maximum absolute atomic E-state index is 12.8. The van der Waals surface area contributed by atoms with E-state index in [-0.39, 0.29) is 47.4 Å². The van der Waals surface area contributed by atoms with Crippen molar-refractivity contribution in [2.24, 2.45) is 10.4 Å². The summed E-state index contributed by atoms with van der Waals surface area (Å²) >= 11 is 0. The Bertz CT molecular complexity index is 612. The van der Waals surface area contributed by atoms with Crippen LogP contribution in [0.5, 0.6) is 0 Å². The number of nitrogens with one attached hydrogen (secondary N) is 2. The lowest BCUT2D eigenvalue weighted by Crippen LogP contribution is -2.55. The van der Waals surface area contributed by atoms with E-state index in [9.17, 15) is 9.59 Å². The number of guanidine groups is 1. The molecule has 1 unspecified atom stereocenters. The Morgan fingerprint density at radius 1 is 1.20 bits per heavy atom. The van der Waals surface area contributed by atoms with E-state index >= 15 is 0 Å². The second kappa shape index (κ2) is 11.4. The normalized spacial score (nSPS) is 21.5. The molecule has 8 nitrogen and oxygen atoms in total. The van der Waals surface area contributed by atoms with E-state index in [1.54, 1.807) is 16.8 Å². The smallest absolute Gasteiger partial charge is 0.410 e. The number of amides is 2.